The van der Waals surface area contributed by atoms with E-state index < -0.39 is 8.32 Å². The first-order valence-electron chi connectivity index (χ1n) is 5.46. The van der Waals surface area contributed by atoms with Crippen LogP contribution in [0, 0.1) is 0 Å². The summed E-state index contributed by atoms with van der Waals surface area (Å²) < 4.78 is 10.7. The Labute approximate surface area is 103 Å². The molecule has 0 aromatic heterocycles. The van der Waals surface area contributed by atoms with E-state index in [9.17, 15) is 4.79 Å². The van der Waals surface area contributed by atoms with E-state index in [1.165, 1.54) is 13.2 Å². The largest absolute Gasteiger partial charge is 0.520 e. The van der Waals surface area contributed by atoms with Crippen LogP contribution in [0.1, 0.15) is 10.4 Å². The summed E-state index contributed by atoms with van der Waals surface area (Å²) >= 11 is 0. The van der Waals surface area contributed by atoms with Gasteiger partial charge in [0.15, 0.2) is 5.78 Å². The van der Waals surface area contributed by atoms with Crippen LogP contribution < -0.4 is 0 Å². The Kier molecular flexibility index (Phi) is 4.51. The first-order chi connectivity index (χ1) is 7.92. The van der Waals surface area contributed by atoms with Crippen molar-refractivity contribution in [3.05, 3.63) is 47.9 Å². The molecule has 0 bridgehead atoms. The first-order valence-corrected chi connectivity index (χ1v) is 8.87. The molecule has 3 nitrogen and oxygen atoms in total. The van der Waals surface area contributed by atoms with E-state index in [0.29, 0.717) is 5.56 Å². The number of hydrogen-bond acceptors (Lipinski definition) is 3. The second-order valence-electron chi connectivity index (χ2n) is 4.61. The maximum Gasteiger partial charge on any atom is 0.268 e. The van der Waals surface area contributed by atoms with Crippen LogP contribution >= 0.6 is 0 Å². The zero-order valence-corrected chi connectivity index (χ0v) is 11.7. The van der Waals surface area contributed by atoms with Crippen molar-refractivity contribution in [3.8, 4) is 0 Å². The molecule has 0 amide bonds. The highest BCUT2D eigenvalue weighted by Crippen LogP contribution is 2.12. The minimum Gasteiger partial charge on any atom is -0.520 e. The van der Waals surface area contributed by atoms with E-state index in [2.05, 4.69) is 0 Å². The molecule has 0 radical (unpaired) electrons. The van der Waals surface area contributed by atoms with Crippen LogP contribution in [0.2, 0.25) is 19.6 Å². The van der Waals surface area contributed by atoms with Crippen LogP contribution in [0.4, 0.5) is 0 Å². The lowest BCUT2D eigenvalue weighted by atomic mass is 10.1. The SMILES string of the molecule is CO/C(=C\C(=O)c1ccccc1)O[Si](C)(C)C. The minimum absolute atomic E-state index is 0.110. The highest BCUT2D eigenvalue weighted by Gasteiger charge is 2.19. The number of ketones is 1. The van der Waals surface area contributed by atoms with Gasteiger partial charge in [-0.05, 0) is 19.6 Å². The Bertz CT molecular complexity index is 404. The van der Waals surface area contributed by atoms with Gasteiger partial charge in [-0.25, -0.2) is 0 Å². The summed E-state index contributed by atoms with van der Waals surface area (Å²) in [6.07, 6.45) is 1.40. The number of allylic oxidation sites excluding steroid dienone is 1. The highest BCUT2D eigenvalue weighted by atomic mass is 28.4. The lowest BCUT2D eigenvalue weighted by Gasteiger charge is -2.20. The molecule has 0 atom stereocenters. The summed E-state index contributed by atoms with van der Waals surface area (Å²) in [6.45, 7) is 6.10. The monoisotopic (exact) mass is 250 g/mol. The number of rotatable bonds is 5. The predicted molar refractivity (Wildman–Crippen MR) is 70.3 cm³/mol. The van der Waals surface area contributed by atoms with Gasteiger partial charge in [-0.15, -0.1) is 0 Å². The number of hydrogen-bond donors (Lipinski definition) is 0. The second-order valence-corrected chi connectivity index (χ2v) is 9.04. The summed E-state index contributed by atoms with van der Waals surface area (Å²) in [5.41, 5.74) is 0.626. The van der Waals surface area contributed by atoms with Crippen molar-refractivity contribution in [2.24, 2.45) is 0 Å². The Morgan fingerprint density at radius 2 is 1.76 bits per heavy atom. The van der Waals surface area contributed by atoms with Crippen LogP contribution in [-0.2, 0) is 9.16 Å². The molecular formula is C13H18O3Si. The van der Waals surface area contributed by atoms with Crippen molar-refractivity contribution in [2.75, 3.05) is 7.11 Å². The van der Waals surface area contributed by atoms with Crippen molar-refractivity contribution < 1.29 is 14.0 Å². The molecule has 0 unspecified atom stereocenters. The quantitative estimate of drug-likeness (QED) is 0.348. The third-order valence-corrected chi connectivity index (χ3v) is 2.73. The molecule has 92 valence electrons. The summed E-state index contributed by atoms with van der Waals surface area (Å²) in [4.78, 5) is 11.9. The molecule has 1 rings (SSSR count). The number of benzene rings is 1. The normalized spacial score (nSPS) is 12.1. The Hall–Kier alpha value is -1.55. The van der Waals surface area contributed by atoms with E-state index in [1.54, 1.807) is 12.1 Å². The van der Waals surface area contributed by atoms with E-state index >= 15 is 0 Å². The van der Waals surface area contributed by atoms with Gasteiger partial charge in [0.25, 0.3) is 5.95 Å². The van der Waals surface area contributed by atoms with Crippen molar-refractivity contribution in [1.82, 2.24) is 0 Å². The van der Waals surface area contributed by atoms with Gasteiger partial charge in [0.2, 0.25) is 8.32 Å². The van der Waals surface area contributed by atoms with Crippen molar-refractivity contribution in [3.63, 3.8) is 0 Å². The number of carbonyl (C=O) groups is 1. The molecular weight excluding hydrogens is 232 g/mol. The zero-order valence-electron chi connectivity index (χ0n) is 10.7. The van der Waals surface area contributed by atoms with Crippen molar-refractivity contribution in [2.45, 2.75) is 19.6 Å². The van der Waals surface area contributed by atoms with Crippen LogP contribution in [0.25, 0.3) is 0 Å². The van der Waals surface area contributed by atoms with Crippen molar-refractivity contribution >= 4 is 14.1 Å². The molecule has 0 aliphatic carbocycles. The van der Waals surface area contributed by atoms with Crippen LogP contribution in [0.5, 0.6) is 0 Å². The molecule has 0 aliphatic rings. The van der Waals surface area contributed by atoms with Crippen LogP contribution in [0.15, 0.2) is 42.4 Å². The van der Waals surface area contributed by atoms with Crippen molar-refractivity contribution in [1.29, 1.82) is 0 Å². The number of methoxy groups -OCH3 is 1. The molecule has 0 heterocycles. The highest BCUT2D eigenvalue weighted by molar-refractivity contribution is 6.70. The standard InChI is InChI=1S/C13H18O3Si/c1-15-13(16-17(2,3)4)10-12(14)11-8-6-5-7-9-11/h5-10H,1-4H3/b13-10+. The summed E-state index contributed by atoms with van der Waals surface area (Å²) in [7, 11) is -0.250. The average molecular weight is 250 g/mol. The predicted octanol–water partition coefficient (Wildman–Crippen LogP) is 3.21. The van der Waals surface area contributed by atoms with Gasteiger partial charge in [-0.3, -0.25) is 4.79 Å². The lowest BCUT2D eigenvalue weighted by molar-refractivity contribution is 0.101. The first kappa shape index (κ1) is 13.5. The minimum atomic E-state index is -1.75. The second kappa shape index (κ2) is 5.68. The van der Waals surface area contributed by atoms with Gasteiger partial charge in [-0.2, -0.15) is 0 Å². The number of ether oxygens (including phenoxy) is 1. The van der Waals surface area contributed by atoms with Gasteiger partial charge in [0.1, 0.15) is 0 Å². The molecule has 0 aliphatic heterocycles. The van der Waals surface area contributed by atoms with E-state index in [4.69, 9.17) is 9.16 Å². The topological polar surface area (TPSA) is 35.5 Å². The fourth-order valence-electron chi connectivity index (χ4n) is 1.22. The molecule has 0 saturated heterocycles. The van der Waals surface area contributed by atoms with Crippen LogP contribution in [-0.4, -0.2) is 21.2 Å². The molecule has 1 aromatic rings. The van der Waals surface area contributed by atoms with Crippen LogP contribution in [0.3, 0.4) is 0 Å². The summed E-state index contributed by atoms with van der Waals surface area (Å²) in [5, 5.41) is 0. The van der Waals surface area contributed by atoms with Gasteiger partial charge >= 0.3 is 0 Å². The molecule has 4 heteroatoms. The van der Waals surface area contributed by atoms with E-state index in [-0.39, 0.29) is 11.7 Å². The van der Waals surface area contributed by atoms with Gasteiger partial charge < -0.3 is 9.16 Å². The van der Waals surface area contributed by atoms with E-state index in [1.807, 2.05) is 37.8 Å². The van der Waals surface area contributed by atoms with Gasteiger partial charge in [0.05, 0.1) is 13.2 Å². The summed E-state index contributed by atoms with van der Waals surface area (Å²) in [5.74, 6) is 0.179. The van der Waals surface area contributed by atoms with E-state index in [0.717, 1.165) is 0 Å². The fraction of sp³-hybridized carbons (Fsp3) is 0.308. The molecule has 0 saturated carbocycles. The molecule has 17 heavy (non-hydrogen) atoms. The Morgan fingerprint density at radius 1 is 1.18 bits per heavy atom. The van der Waals surface area contributed by atoms with Gasteiger partial charge in [-0.1, -0.05) is 30.3 Å². The third kappa shape index (κ3) is 4.87. The third-order valence-electron chi connectivity index (χ3n) is 1.92. The molecule has 0 fully saturated rings. The molecule has 1 aromatic carbocycles. The molecule has 0 spiro atoms. The average Bonchev–Trinajstić information content (AvgIpc) is 2.27. The maximum absolute atomic E-state index is 11.9. The lowest BCUT2D eigenvalue weighted by Crippen LogP contribution is -2.25. The smallest absolute Gasteiger partial charge is 0.268 e. The summed E-state index contributed by atoms with van der Waals surface area (Å²) in [6, 6.07) is 9.05. The zero-order chi connectivity index (χ0) is 12.9. The fourth-order valence-corrected chi connectivity index (χ4v) is 1.97. The Balaban J connectivity index is 2.82. The number of carbonyl (C=O) groups excluding carboxylic acids is 1. The Morgan fingerprint density at radius 3 is 2.24 bits per heavy atom. The molecule has 0 N–H and O–H groups in total. The maximum atomic E-state index is 11.9. The van der Waals surface area contributed by atoms with Gasteiger partial charge in [0, 0.05) is 5.56 Å².